The molecule has 35 heavy (non-hydrogen) atoms. The first-order valence-electron chi connectivity index (χ1n) is 12.1. The van der Waals surface area contributed by atoms with Gasteiger partial charge in [-0.1, -0.05) is 18.2 Å². The van der Waals surface area contributed by atoms with Gasteiger partial charge >= 0.3 is 0 Å². The summed E-state index contributed by atoms with van der Waals surface area (Å²) in [6.07, 6.45) is 6.00. The Morgan fingerprint density at radius 3 is 2.94 bits per heavy atom. The number of aromatic nitrogens is 4. The fourth-order valence-corrected chi connectivity index (χ4v) is 5.44. The normalized spacial score (nSPS) is 17.2. The van der Waals surface area contributed by atoms with Crippen molar-refractivity contribution in [3.8, 4) is 28.3 Å². The molecule has 1 saturated heterocycles. The van der Waals surface area contributed by atoms with Crippen LogP contribution in [0.15, 0.2) is 42.6 Å². The number of hydrogen-bond acceptors (Lipinski definition) is 6. The minimum absolute atomic E-state index is 0.171. The average Bonchev–Trinajstić information content (AvgIpc) is 3.66. The molecule has 1 atom stereocenters. The molecule has 4 heterocycles. The van der Waals surface area contributed by atoms with Gasteiger partial charge in [-0.05, 0) is 48.9 Å². The number of aliphatic hydroxyl groups excluding tert-OH is 1. The summed E-state index contributed by atoms with van der Waals surface area (Å²) in [6.45, 7) is 0.787. The second-order valence-corrected chi connectivity index (χ2v) is 9.26. The van der Waals surface area contributed by atoms with Gasteiger partial charge in [0.2, 0.25) is 5.91 Å². The maximum Gasteiger partial charge on any atom is 0.248 e. The Bertz CT molecular complexity index is 1410. The number of fused-ring (bicyclic) bond motifs is 2. The third-order valence-corrected chi connectivity index (χ3v) is 7.28. The standard InChI is InChI=1S/C27H27N5O3/c1-35-23-12-22-27(29-26(23)20-7-3-5-16-4-2-6-19(16)20)25(31-30-22)17-8-9-21(28-13-17)18-10-11-32(14-18)24(34)15-33/h3,5,7-9,12-13,18,33H,2,4,6,10-11,14-15H2,1H3,(H,30,31). The highest BCUT2D eigenvalue weighted by Crippen LogP contribution is 2.39. The van der Waals surface area contributed by atoms with Crippen LogP contribution in [-0.2, 0) is 17.6 Å². The van der Waals surface area contributed by atoms with Crippen molar-refractivity contribution in [3.05, 3.63) is 59.4 Å². The zero-order chi connectivity index (χ0) is 23.9. The van der Waals surface area contributed by atoms with E-state index in [1.807, 2.05) is 24.4 Å². The number of aromatic amines is 1. The number of carbonyl (C=O) groups is 1. The predicted octanol–water partition coefficient (Wildman–Crippen LogP) is 3.49. The van der Waals surface area contributed by atoms with Crippen LogP contribution in [-0.4, -0.2) is 62.9 Å². The average molecular weight is 470 g/mol. The largest absolute Gasteiger partial charge is 0.494 e. The number of aryl methyl sites for hydroxylation is 1. The number of amides is 1. The Balaban J connectivity index is 1.35. The highest BCUT2D eigenvalue weighted by molar-refractivity contribution is 5.93. The van der Waals surface area contributed by atoms with Crippen molar-refractivity contribution in [1.29, 1.82) is 0 Å². The summed E-state index contributed by atoms with van der Waals surface area (Å²) < 4.78 is 5.72. The van der Waals surface area contributed by atoms with Crippen LogP contribution in [0.5, 0.6) is 5.75 Å². The monoisotopic (exact) mass is 469 g/mol. The molecule has 1 aliphatic heterocycles. The number of carbonyl (C=O) groups excluding carboxylic acids is 1. The molecule has 2 N–H and O–H groups in total. The van der Waals surface area contributed by atoms with Gasteiger partial charge in [-0.25, -0.2) is 4.98 Å². The zero-order valence-corrected chi connectivity index (χ0v) is 19.6. The van der Waals surface area contributed by atoms with Crippen molar-refractivity contribution < 1.29 is 14.6 Å². The van der Waals surface area contributed by atoms with Crippen molar-refractivity contribution in [2.45, 2.75) is 31.6 Å². The Kier molecular flexibility index (Phi) is 5.45. The molecule has 4 aromatic rings. The molecular formula is C27H27N5O3. The second kappa shape index (κ2) is 8.78. The predicted molar refractivity (Wildman–Crippen MR) is 132 cm³/mol. The Labute approximate surface area is 203 Å². The second-order valence-electron chi connectivity index (χ2n) is 9.26. The number of nitrogens with zero attached hydrogens (tertiary/aromatic N) is 4. The quantitative estimate of drug-likeness (QED) is 0.464. The summed E-state index contributed by atoms with van der Waals surface area (Å²) in [6, 6.07) is 12.4. The van der Waals surface area contributed by atoms with Crippen LogP contribution in [0.25, 0.3) is 33.5 Å². The van der Waals surface area contributed by atoms with Crippen LogP contribution in [0.4, 0.5) is 0 Å². The maximum absolute atomic E-state index is 11.8. The van der Waals surface area contributed by atoms with Gasteiger partial charge < -0.3 is 14.7 Å². The minimum atomic E-state index is -0.448. The van der Waals surface area contributed by atoms with Crippen LogP contribution >= 0.6 is 0 Å². The summed E-state index contributed by atoms with van der Waals surface area (Å²) in [7, 11) is 1.67. The lowest BCUT2D eigenvalue weighted by Gasteiger charge is -2.15. The lowest BCUT2D eigenvalue weighted by atomic mass is 9.99. The number of rotatable bonds is 5. The van der Waals surface area contributed by atoms with Gasteiger partial charge in [-0.2, -0.15) is 5.10 Å². The topological polar surface area (TPSA) is 104 Å². The first kappa shape index (κ1) is 21.7. The Hall–Kier alpha value is -3.78. The summed E-state index contributed by atoms with van der Waals surface area (Å²) >= 11 is 0. The van der Waals surface area contributed by atoms with Crippen LogP contribution in [0, 0.1) is 0 Å². The van der Waals surface area contributed by atoms with E-state index in [0.717, 1.165) is 64.3 Å². The smallest absolute Gasteiger partial charge is 0.248 e. The van der Waals surface area contributed by atoms with Crippen molar-refractivity contribution in [3.63, 3.8) is 0 Å². The summed E-state index contributed by atoms with van der Waals surface area (Å²) in [5, 5.41) is 16.8. The number of likely N-dealkylation sites (tertiary alicyclic amines) is 1. The molecule has 178 valence electrons. The number of pyridine rings is 2. The molecule has 0 saturated carbocycles. The van der Waals surface area contributed by atoms with Gasteiger partial charge in [-0.15, -0.1) is 0 Å². The third kappa shape index (κ3) is 3.74. The highest BCUT2D eigenvalue weighted by atomic mass is 16.5. The fraction of sp³-hybridized carbons (Fsp3) is 0.333. The molecule has 0 bridgehead atoms. The molecule has 3 aromatic heterocycles. The molecule has 0 radical (unpaired) electrons. The van der Waals surface area contributed by atoms with E-state index < -0.39 is 6.61 Å². The molecule has 1 amide bonds. The van der Waals surface area contributed by atoms with E-state index in [4.69, 9.17) is 19.8 Å². The van der Waals surface area contributed by atoms with Crippen molar-refractivity contribution >= 4 is 16.9 Å². The zero-order valence-electron chi connectivity index (χ0n) is 19.6. The SMILES string of the molecule is COc1cc2[nH]nc(-c3ccc(C4CCN(C(=O)CO)C4)nc3)c2nc1-c1cccc2c1CCC2. The lowest BCUT2D eigenvalue weighted by molar-refractivity contribution is -0.133. The number of ether oxygens (including phenoxy) is 1. The van der Waals surface area contributed by atoms with Crippen molar-refractivity contribution in [1.82, 2.24) is 25.1 Å². The first-order chi connectivity index (χ1) is 17.2. The molecule has 6 rings (SSSR count). The molecule has 0 spiro atoms. The van der Waals surface area contributed by atoms with E-state index in [9.17, 15) is 4.79 Å². The minimum Gasteiger partial charge on any atom is -0.494 e. The van der Waals surface area contributed by atoms with E-state index in [2.05, 4.69) is 28.4 Å². The van der Waals surface area contributed by atoms with E-state index in [1.54, 1.807) is 12.0 Å². The third-order valence-electron chi connectivity index (χ3n) is 7.28. The number of hydrogen-bond donors (Lipinski definition) is 2. The molecule has 1 aromatic carbocycles. The van der Waals surface area contributed by atoms with Crippen LogP contribution in [0.2, 0.25) is 0 Å². The lowest BCUT2D eigenvalue weighted by Crippen LogP contribution is -2.30. The molecular weight excluding hydrogens is 442 g/mol. The van der Waals surface area contributed by atoms with Crippen LogP contribution in [0.1, 0.15) is 35.6 Å². The van der Waals surface area contributed by atoms with Gasteiger partial charge in [-0.3, -0.25) is 14.9 Å². The Morgan fingerprint density at radius 1 is 1.23 bits per heavy atom. The summed E-state index contributed by atoms with van der Waals surface area (Å²) in [4.78, 5) is 23.2. The number of aliphatic hydroxyl groups is 1. The molecule has 8 heteroatoms. The molecule has 1 aliphatic carbocycles. The van der Waals surface area contributed by atoms with E-state index in [0.29, 0.717) is 13.1 Å². The number of benzene rings is 1. The highest BCUT2D eigenvalue weighted by Gasteiger charge is 2.28. The molecule has 1 fully saturated rings. The number of H-pyrrole nitrogens is 1. The number of methoxy groups -OCH3 is 1. The first-order valence-corrected chi connectivity index (χ1v) is 12.1. The van der Waals surface area contributed by atoms with Gasteiger partial charge in [0, 0.05) is 48.1 Å². The van der Waals surface area contributed by atoms with Crippen LogP contribution < -0.4 is 4.74 Å². The van der Waals surface area contributed by atoms with Crippen molar-refractivity contribution in [2.24, 2.45) is 0 Å². The number of nitrogens with one attached hydrogen (secondary N) is 1. The fourth-order valence-electron chi connectivity index (χ4n) is 5.44. The van der Waals surface area contributed by atoms with Gasteiger partial charge in [0.1, 0.15) is 29.3 Å². The summed E-state index contributed by atoms with van der Waals surface area (Å²) in [5.41, 5.74) is 8.88. The van der Waals surface area contributed by atoms with Crippen LogP contribution in [0.3, 0.4) is 0 Å². The van der Waals surface area contributed by atoms with E-state index >= 15 is 0 Å². The Morgan fingerprint density at radius 2 is 2.14 bits per heavy atom. The van der Waals surface area contributed by atoms with E-state index in [-0.39, 0.29) is 11.8 Å². The van der Waals surface area contributed by atoms with Gasteiger partial charge in [0.15, 0.2) is 0 Å². The van der Waals surface area contributed by atoms with Gasteiger partial charge in [0.25, 0.3) is 0 Å². The molecule has 8 nitrogen and oxygen atoms in total. The molecule has 1 unspecified atom stereocenters. The van der Waals surface area contributed by atoms with E-state index in [1.165, 1.54) is 17.5 Å². The maximum atomic E-state index is 11.8. The van der Waals surface area contributed by atoms with Crippen molar-refractivity contribution in [2.75, 3.05) is 26.8 Å². The summed E-state index contributed by atoms with van der Waals surface area (Å²) in [5.74, 6) is 0.669. The van der Waals surface area contributed by atoms with Gasteiger partial charge in [0.05, 0.1) is 12.6 Å². The molecule has 2 aliphatic rings.